The lowest BCUT2D eigenvalue weighted by Gasteiger charge is -2.17. The Morgan fingerprint density at radius 2 is 1.61 bits per heavy atom. The summed E-state index contributed by atoms with van der Waals surface area (Å²) in [5.41, 5.74) is 1.01. The molecule has 1 aromatic heterocycles. The fraction of sp³-hybridized carbons (Fsp3) is 0.333. The van der Waals surface area contributed by atoms with Gasteiger partial charge in [-0.3, -0.25) is 14.2 Å². The predicted molar refractivity (Wildman–Crippen MR) is 119 cm³/mol. The summed E-state index contributed by atoms with van der Waals surface area (Å²) in [6, 6.07) is 16.7. The molecule has 3 aromatic rings. The fourth-order valence-electron chi connectivity index (χ4n) is 3.79. The zero-order valence-electron chi connectivity index (χ0n) is 17.8. The number of likely N-dealkylation sites (tertiary alicyclic amines) is 1. The SMILES string of the molecule is CC(C)c1ccc(-n2nc(C(=O)N3CCCC3)c(=O)n(Cc3ccccc3)c2=O)cc1. The molecule has 1 amide bonds. The Hall–Kier alpha value is -3.48. The van der Waals surface area contributed by atoms with Crippen LogP contribution in [0.2, 0.25) is 0 Å². The third-order valence-electron chi connectivity index (χ3n) is 5.64. The third kappa shape index (κ3) is 4.21. The number of carbonyl (C=O) groups excluding carboxylic acids is 1. The largest absolute Gasteiger partial charge is 0.352 e. The first kappa shape index (κ1) is 20.8. The van der Waals surface area contributed by atoms with E-state index in [-0.39, 0.29) is 12.2 Å². The van der Waals surface area contributed by atoms with Crippen LogP contribution in [0, 0.1) is 0 Å². The second-order valence-corrected chi connectivity index (χ2v) is 8.17. The van der Waals surface area contributed by atoms with Gasteiger partial charge in [-0.15, -0.1) is 0 Å². The van der Waals surface area contributed by atoms with Crippen molar-refractivity contribution in [1.82, 2.24) is 19.2 Å². The number of carbonyl (C=O) groups is 1. The van der Waals surface area contributed by atoms with E-state index in [0.29, 0.717) is 24.7 Å². The van der Waals surface area contributed by atoms with Crippen LogP contribution in [-0.4, -0.2) is 38.2 Å². The fourth-order valence-corrected chi connectivity index (χ4v) is 3.79. The van der Waals surface area contributed by atoms with Gasteiger partial charge in [0.1, 0.15) is 0 Å². The highest BCUT2D eigenvalue weighted by atomic mass is 16.2. The summed E-state index contributed by atoms with van der Waals surface area (Å²) in [6.07, 6.45) is 1.81. The highest BCUT2D eigenvalue weighted by Crippen LogP contribution is 2.16. The Labute approximate surface area is 180 Å². The minimum atomic E-state index is -0.652. The maximum Gasteiger partial charge on any atom is 0.352 e. The summed E-state index contributed by atoms with van der Waals surface area (Å²) in [6.45, 7) is 5.45. The number of amides is 1. The Kier molecular flexibility index (Phi) is 5.84. The van der Waals surface area contributed by atoms with Gasteiger partial charge in [-0.05, 0) is 42.0 Å². The van der Waals surface area contributed by atoms with Crippen molar-refractivity contribution in [3.05, 3.63) is 92.3 Å². The highest BCUT2D eigenvalue weighted by molar-refractivity contribution is 5.92. The molecule has 0 N–H and O–H groups in total. The Morgan fingerprint density at radius 1 is 0.968 bits per heavy atom. The molecule has 4 rings (SSSR count). The smallest absolute Gasteiger partial charge is 0.337 e. The predicted octanol–water partition coefficient (Wildman–Crippen LogP) is 2.80. The summed E-state index contributed by atoms with van der Waals surface area (Å²) in [5.74, 6) is -0.0741. The van der Waals surface area contributed by atoms with E-state index in [1.165, 1.54) is 0 Å². The number of hydrogen-bond donors (Lipinski definition) is 0. The molecule has 0 atom stereocenters. The first-order valence-corrected chi connectivity index (χ1v) is 10.6. The molecule has 160 valence electrons. The maximum absolute atomic E-state index is 13.2. The molecule has 1 fully saturated rings. The summed E-state index contributed by atoms with van der Waals surface area (Å²) in [5, 5.41) is 4.24. The van der Waals surface area contributed by atoms with E-state index in [0.717, 1.165) is 33.2 Å². The lowest BCUT2D eigenvalue weighted by Crippen LogP contribution is -2.46. The summed E-state index contributed by atoms with van der Waals surface area (Å²) < 4.78 is 2.26. The second-order valence-electron chi connectivity index (χ2n) is 8.17. The molecule has 0 unspecified atom stereocenters. The van der Waals surface area contributed by atoms with Crippen LogP contribution < -0.4 is 11.2 Å². The quantitative estimate of drug-likeness (QED) is 0.638. The van der Waals surface area contributed by atoms with Crippen molar-refractivity contribution in [2.75, 3.05) is 13.1 Å². The molecule has 2 heterocycles. The average molecular weight is 418 g/mol. The molecule has 0 saturated carbocycles. The van der Waals surface area contributed by atoms with E-state index < -0.39 is 17.2 Å². The molecule has 0 bridgehead atoms. The van der Waals surface area contributed by atoms with Crippen molar-refractivity contribution in [3.8, 4) is 5.69 Å². The maximum atomic E-state index is 13.2. The molecule has 1 aliphatic heterocycles. The van der Waals surface area contributed by atoms with Crippen LogP contribution in [-0.2, 0) is 6.54 Å². The molecule has 1 saturated heterocycles. The number of rotatable bonds is 5. The molecule has 1 aliphatic rings. The van der Waals surface area contributed by atoms with Crippen LogP contribution in [0.15, 0.2) is 64.2 Å². The topological polar surface area (TPSA) is 77.2 Å². The van der Waals surface area contributed by atoms with E-state index in [2.05, 4.69) is 18.9 Å². The van der Waals surface area contributed by atoms with Crippen molar-refractivity contribution < 1.29 is 4.79 Å². The standard InChI is InChI=1S/C24H26N4O3/c1-17(2)19-10-12-20(13-11-19)28-24(31)27(16-18-8-4-3-5-9-18)23(30)21(25-28)22(29)26-14-6-7-15-26/h3-5,8-13,17H,6-7,14-16H2,1-2H3. The van der Waals surface area contributed by atoms with Crippen LogP contribution in [0.5, 0.6) is 0 Å². The monoisotopic (exact) mass is 418 g/mol. The highest BCUT2D eigenvalue weighted by Gasteiger charge is 2.26. The molecular weight excluding hydrogens is 392 g/mol. The van der Waals surface area contributed by atoms with Gasteiger partial charge >= 0.3 is 5.69 Å². The van der Waals surface area contributed by atoms with Crippen molar-refractivity contribution in [2.24, 2.45) is 0 Å². The zero-order valence-corrected chi connectivity index (χ0v) is 17.8. The molecule has 7 heteroatoms. The van der Waals surface area contributed by atoms with E-state index >= 15 is 0 Å². The van der Waals surface area contributed by atoms with Crippen molar-refractivity contribution in [3.63, 3.8) is 0 Å². The van der Waals surface area contributed by atoms with Gasteiger partial charge in [0, 0.05) is 13.1 Å². The van der Waals surface area contributed by atoms with Crippen molar-refractivity contribution in [2.45, 2.75) is 39.2 Å². The van der Waals surface area contributed by atoms with Gasteiger partial charge in [-0.2, -0.15) is 9.78 Å². The number of hydrogen-bond acceptors (Lipinski definition) is 4. The number of nitrogens with zero attached hydrogens (tertiary/aromatic N) is 4. The molecular formula is C24H26N4O3. The molecule has 0 radical (unpaired) electrons. The minimum Gasteiger partial charge on any atom is -0.337 e. The third-order valence-corrected chi connectivity index (χ3v) is 5.64. The molecule has 0 spiro atoms. The van der Waals surface area contributed by atoms with Gasteiger partial charge in [0.15, 0.2) is 0 Å². The first-order chi connectivity index (χ1) is 15.0. The normalized spacial score (nSPS) is 13.7. The van der Waals surface area contributed by atoms with Gasteiger partial charge in [-0.25, -0.2) is 4.79 Å². The van der Waals surface area contributed by atoms with Crippen LogP contribution in [0.1, 0.15) is 54.2 Å². The van der Waals surface area contributed by atoms with Gasteiger partial charge in [-0.1, -0.05) is 56.3 Å². The lowest BCUT2D eigenvalue weighted by atomic mass is 10.0. The van der Waals surface area contributed by atoms with Crippen LogP contribution >= 0.6 is 0 Å². The summed E-state index contributed by atoms with van der Waals surface area (Å²) in [7, 11) is 0. The lowest BCUT2D eigenvalue weighted by molar-refractivity contribution is 0.0781. The number of benzene rings is 2. The van der Waals surface area contributed by atoms with E-state index in [1.807, 2.05) is 42.5 Å². The van der Waals surface area contributed by atoms with Crippen molar-refractivity contribution in [1.29, 1.82) is 0 Å². The molecule has 2 aromatic carbocycles. The van der Waals surface area contributed by atoms with Gasteiger partial charge in [0.25, 0.3) is 11.5 Å². The minimum absolute atomic E-state index is 0.0748. The van der Waals surface area contributed by atoms with E-state index in [1.54, 1.807) is 17.0 Å². The Bertz CT molecular complexity index is 1190. The second kappa shape index (κ2) is 8.71. The molecule has 31 heavy (non-hydrogen) atoms. The summed E-state index contributed by atoms with van der Waals surface area (Å²) >= 11 is 0. The van der Waals surface area contributed by atoms with E-state index in [4.69, 9.17) is 0 Å². The first-order valence-electron chi connectivity index (χ1n) is 10.6. The molecule has 7 nitrogen and oxygen atoms in total. The van der Waals surface area contributed by atoms with Gasteiger partial charge in [0.05, 0.1) is 12.2 Å². The van der Waals surface area contributed by atoms with Gasteiger partial charge < -0.3 is 4.90 Å². The summed E-state index contributed by atoms with van der Waals surface area (Å²) in [4.78, 5) is 41.1. The zero-order chi connectivity index (χ0) is 22.0. The van der Waals surface area contributed by atoms with Crippen LogP contribution in [0.3, 0.4) is 0 Å². The van der Waals surface area contributed by atoms with Crippen LogP contribution in [0.4, 0.5) is 0 Å². The Balaban J connectivity index is 1.86. The van der Waals surface area contributed by atoms with Crippen LogP contribution in [0.25, 0.3) is 5.69 Å². The number of aromatic nitrogens is 3. The van der Waals surface area contributed by atoms with E-state index in [9.17, 15) is 14.4 Å². The molecule has 0 aliphatic carbocycles. The Morgan fingerprint density at radius 3 is 2.23 bits per heavy atom. The van der Waals surface area contributed by atoms with Crippen molar-refractivity contribution >= 4 is 5.91 Å². The van der Waals surface area contributed by atoms with Gasteiger partial charge in [0.2, 0.25) is 5.69 Å². The average Bonchev–Trinajstić information content (AvgIpc) is 3.32.